The Morgan fingerprint density at radius 1 is 1.00 bits per heavy atom. The summed E-state index contributed by atoms with van der Waals surface area (Å²) in [6, 6.07) is 9.30. The highest BCUT2D eigenvalue weighted by molar-refractivity contribution is 8.29. The van der Waals surface area contributed by atoms with Crippen molar-refractivity contribution in [2.75, 3.05) is 12.5 Å². The molecule has 0 amide bonds. The van der Waals surface area contributed by atoms with Crippen LogP contribution in [-0.2, 0) is 27.4 Å². The van der Waals surface area contributed by atoms with E-state index in [2.05, 4.69) is 99.1 Å². The van der Waals surface area contributed by atoms with Gasteiger partial charge in [0, 0.05) is 27.3 Å². The number of ether oxygens (including phenoxy) is 1. The molecule has 3 nitrogen and oxygen atoms in total. The number of rotatable bonds is 6. The van der Waals surface area contributed by atoms with Crippen molar-refractivity contribution < 1.29 is 8.92 Å². The molecule has 222 valence electrons. The average Bonchev–Trinajstić information content (AvgIpc) is 3.42. The Labute approximate surface area is 246 Å². The zero-order chi connectivity index (χ0) is 29.3. The van der Waals surface area contributed by atoms with Gasteiger partial charge in [0.25, 0.3) is 0 Å². The van der Waals surface area contributed by atoms with Gasteiger partial charge >= 0.3 is 0 Å². The van der Waals surface area contributed by atoms with Gasteiger partial charge in [0.1, 0.15) is 6.10 Å². The number of hydrogen-bond donors (Lipinski definition) is 0. The maximum Gasteiger partial charge on any atom is 0.111 e. The van der Waals surface area contributed by atoms with Crippen LogP contribution < -0.4 is 0 Å². The Morgan fingerprint density at radius 3 is 2.17 bits per heavy atom. The summed E-state index contributed by atoms with van der Waals surface area (Å²) in [5.41, 5.74) is 9.35. The van der Waals surface area contributed by atoms with Gasteiger partial charge in [-0.25, -0.2) is 0 Å². The molecule has 0 bridgehead atoms. The van der Waals surface area contributed by atoms with Gasteiger partial charge in [-0.1, -0.05) is 99.4 Å². The highest BCUT2D eigenvalue weighted by Gasteiger charge is 2.53. The van der Waals surface area contributed by atoms with Crippen LogP contribution >= 0.6 is 10.3 Å². The van der Waals surface area contributed by atoms with Crippen LogP contribution in [0.3, 0.4) is 0 Å². The topological polar surface area (TPSA) is 31.4 Å². The maximum absolute atomic E-state index is 7.35. The lowest BCUT2D eigenvalue weighted by Crippen LogP contribution is -2.35. The molecule has 0 radical (unpaired) electrons. The minimum atomic E-state index is -1.32. The summed E-state index contributed by atoms with van der Waals surface area (Å²) in [5.74, 6) is 0.989. The first kappa shape index (κ1) is 30.1. The zero-order valence-electron chi connectivity index (χ0n) is 27.2. The SMILES string of the molecule is CC(C)Cc1ccc(C2OC3(CCCC3)c3c4c(nc(C(C)C)c32)CC(C)(C)CC4OS(C)(C)C(C)(C)C)cc1. The van der Waals surface area contributed by atoms with Gasteiger partial charge < -0.3 is 8.92 Å². The van der Waals surface area contributed by atoms with E-state index in [-0.39, 0.29) is 28.0 Å². The van der Waals surface area contributed by atoms with Crippen LogP contribution in [0.5, 0.6) is 0 Å². The van der Waals surface area contributed by atoms with Crippen LogP contribution in [0.1, 0.15) is 152 Å². The summed E-state index contributed by atoms with van der Waals surface area (Å²) >= 11 is 0. The van der Waals surface area contributed by atoms with Crippen molar-refractivity contribution in [2.24, 2.45) is 11.3 Å². The summed E-state index contributed by atoms with van der Waals surface area (Å²) in [7, 11) is -1.32. The summed E-state index contributed by atoms with van der Waals surface area (Å²) in [6.45, 7) is 21.0. The molecule has 5 rings (SSSR count). The third-order valence-electron chi connectivity index (χ3n) is 9.86. The Morgan fingerprint density at radius 2 is 1.62 bits per heavy atom. The Kier molecular flexibility index (Phi) is 7.84. The fraction of sp³-hybridized carbons (Fsp3) is 0.694. The van der Waals surface area contributed by atoms with Gasteiger partial charge in [-0.15, -0.1) is 10.3 Å². The van der Waals surface area contributed by atoms with E-state index in [9.17, 15) is 0 Å². The van der Waals surface area contributed by atoms with Crippen molar-refractivity contribution in [3.8, 4) is 0 Å². The minimum absolute atomic E-state index is 0.0543. The summed E-state index contributed by atoms with van der Waals surface area (Å²) < 4.78 is 14.8. The first-order valence-electron chi connectivity index (χ1n) is 15.8. The molecule has 3 aliphatic rings. The molecule has 0 N–H and O–H groups in total. The van der Waals surface area contributed by atoms with Crippen molar-refractivity contribution >= 4 is 10.3 Å². The van der Waals surface area contributed by atoms with E-state index >= 15 is 0 Å². The predicted octanol–water partition coefficient (Wildman–Crippen LogP) is 10.1. The van der Waals surface area contributed by atoms with Crippen LogP contribution in [0.15, 0.2) is 24.3 Å². The molecule has 1 spiro atoms. The van der Waals surface area contributed by atoms with Crippen LogP contribution in [0.2, 0.25) is 0 Å². The van der Waals surface area contributed by atoms with Crippen molar-refractivity contribution in [2.45, 2.75) is 136 Å². The third-order valence-corrected chi connectivity index (χ3v) is 13.5. The molecule has 2 heterocycles. The molecular formula is C36H55NO2S. The third kappa shape index (κ3) is 5.42. The van der Waals surface area contributed by atoms with Gasteiger partial charge in [0.05, 0.1) is 11.7 Å². The van der Waals surface area contributed by atoms with E-state index in [1.807, 2.05) is 0 Å². The number of nitrogens with zero attached hydrogens (tertiary/aromatic N) is 1. The number of fused-ring (bicyclic) bond motifs is 4. The first-order valence-corrected chi connectivity index (χ1v) is 18.2. The molecule has 1 fully saturated rings. The van der Waals surface area contributed by atoms with Gasteiger partial charge in [-0.2, -0.15) is 0 Å². The van der Waals surface area contributed by atoms with Crippen molar-refractivity contribution in [1.82, 2.24) is 4.98 Å². The molecule has 1 aliphatic heterocycles. The molecule has 0 saturated heterocycles. The smallest absolute Gasteiger partial charge is 0.111 e. The number of hydrogen-bond acceptors (Lipinski definition) is 3. The van der Waals surface area contributed by atoms with Gasteiger partial charge in [-0.05, 0) is 78.6 Å². The van der Waals surface area contributed by atoms with E-state index in [0.717, 1.165) is 32.1 Å². The average molecular weight is 566 g/mol. The molecule has 2 atom stereocenters. The number of aromatic nitrogens is 1. The Balaban J connectivity index is 1.72. The fourth-order valence-electron chi connectivity index (χ4n) is 7.20. The summed E-state index contributed by atoms with van der Waals surface area (Å²) in [4.78, 5) is 5.56. The maximum atomic E-state index is 7.35. The van der Waals surface area contributed by atoms with Crippen LogP contribution in [-0.4, -0.2) is 22.2 Å². The summed E-state index contributed by atoms with van der Waals surface area (Å²) in [6.07, 6.45) is 12.5. The second-order valence-electron chi connectivity index (χ2n) is 15.8. The standard InChI is InChI=1S/C36H55NO2S/c1-23(2)20-25-14-16-26(17-15-25)33-30-31(36(38-33)18-12-13-19-36)29-27(37-32(30)24(3)4)21-35(8,9)22-28(29)39-40(10,11)34(5,6)7/h14-17,23-24,28,33H,12-13,18-22H2,1-11H3. The van der Waals surface area contributed by atoms with Crippen molar-refractivity contribution in [3.63, 3.8) is 0 Å². The lowest BCUT2D eigenvalue weighted by atomic mass is 9.70. The zero-order valence-corrected chi connectivity index (χ0v) is 28.1. The van der Waals surface area contributed by atoms with Crippen LogP contribution in [0, 0.1) is 11.3 Å². The predicted molar refractivity (Wildman–Crippen MR) is 172 cm³/mol. The van der Waals surface area contributed by atoms with E-state index in [1.54, 1.807) is 0 Å². The molecular weight excluding hydrogens is 510 g/mol. The van der Waals surface area contributed by atoms with Crippen LogP contribution in [0.25, 0.3) is 0 Å². The van der Waals surface area contributed by atoms with Crippen LogP contribution in [0.4, 0.5) is 0 Å². The molecule has 1 saturated carbocycles. The molecule has 40 heavy (non-hydrogen) atoms. The number of benzene rings is 1. The second-order valence-corrected chi connectivity index (χ2v) is 19.7. The Hall–Kier alpha value is -1.36. The highest BCUT2D eigenvalue weighted by atomic mass is 32.3. The molecule has 1 aromatic carbocycles. The lowest BCUT2D eigenvalue weighted by molar-refractivity contribution is -0.0577. The molecule has 2 aliphatic carbocycles. The second kappa shape index (κ2) is 10.4. The normalized spacial score (nSPS) is 24.1. The van der Waals surface area contributed by atoms with Gasteiger partial charge in [-0.3, -0.25) is 4.98 Å². The molecule has 2 aromatic rings. The largest absolute Gasteiger partial charge is 0.358 e. The first-order chi connectivity index (χ1) is 18.5. The molecule has 2 unspecified atom stereocenters. The minimum Gasteiger partial charge on any atom is -0.358 e. The Bertz CT molecular complexity index is 1230. The quantitative estimate of drug-likeness (QED) is 0.349. The molecule has 1 aromatic heterocycles. The van der Waals surface area contributed by atoms with Crippen molar-refractivity contribution in [1.29, 1.82) is 0 Å². The van der Waals surface area contributed by atoms with E-state index < -0.39 is 10.3 Å². The lowest BCUT2D eigenvalue weighted by Gasteiger charge is -2.49. The monoisotopic (exact) mass is 565 g/mol. The summed E-state index contributed by atoms with van der Waals surface area (Å²) in [5, 5.41) is 0. The fourth-order valence-corrected chi connectivity index (χ4v) is 8.23. The highest BCUT2D eigenvalue weighted by Crippen LogP contribution is 2.63. The number of pyridine rings is 1. The van der Waals surface area contributed by atoms with E-state index in [0.29, 0.717) is 11.8 Å². The van der Waals surface area contributed by atoms with Gasteiger partial charge in [0.2, 0.25) is 0 Å². The van der Waals surface area contributed by atoms with E-state index in [1.165, 1.54) is 52.0 Å². The van der Waals surface area contributed by atoms with Gasteiger partial charge in [0.15, 0.2) is 0 Å². The van der Waals surface area contributed by atoms with E-state index in [4.69, 9.17) is 13.9 Å². The van der Waals surface area contributed by atoms with Crippen molar-refractivity contribution in [3.05, 3.63) is 63.5 Å². The molecule has 4 heteroatoms.